The van der Waals surface area contributed by atoms with Crippen molar-refractivity contribution in [2.24, 2.45) is 13.0 Å². The van der Waals surface area contributed by atoms with E-state index in [0.717, 1.165) is 34.9 Å². The number of aryl methyl sites for hydroxylation is 2. The van der Waals surface area contributed by atoms with Crippen LogP contribution in [-0.4, -0.2) is 38.7 Å². The van der Waals surface area contributed by atoms with E-state index >= 15 is 0 Å². The summed E-state index contributed by atoms with van der Waals surface area (Å²) in [5.41, 5.74) is 3.65. The second kappa shape index (κ2) is 8.50. The highest BCUT2D eigenvalue weighted by Gasteiger charge is 2.34. The number of hydrogen-bond acceptors (Lipinski definition) is 5. The van der Waals surface area contributed by atoms with E-state index in [1.807, 2.05) is 56.7 Å². The van der Waals surface area contributed by atoms with Gasteiger partial charge in [-0.1, -0.05) is 12.1 Å². The van der Waals surface area contributed by atoms with Gasteiger partial charge in [-0.15, -0.1) is 12.4 Å². The van der Waals surface area contributed by atoms with Crippen LogP contribution in [0.25, 0.3) is 11.3 Å². The van der Waals surface area contributed by atoms with Crippen molar-refractivity contribution in [2.45, 2.75) is 12.8 Å². The average molecular weight is 399 g/mol. The largest absolute Gasteiger partial charge is 0.326 e. The minimum atomic E-state index is -0.126. The van der Waals surface area contributed by atoms with Gasteiger partial charge in [0.15, 0.2) is 0 Å². The molecule has 28 heavy (non-hydrogen) atoms. The number of amides is 1. The molecule has 8 heteroatoms. The fourth-order valence-corrected chi connectivity index (χ4v) is 3.54. The standard InChI is InChI=1S/C20H22N6O.ClH/c1-13-22-7-6-19(24-13)14-4-3-5-16(8-14)25-20(27)18-11-21-10-17(18)15-9-23-26(2)12-15;/h3-9,12,17-18,21H,10-11H2,1-2H3,(H,25,27);1H/t17-,18+;/m1./s1. The fraction of sp³-hybridized carbons (Fsp3) is 0.300. The third kappa shape index (κ3) is 4.21. The molecule has 1 aromatic carbocycles. The van der Waals surface area contributed by atoms with Gasteiger partial charge in [-0.3, -0.25) is 9.48 Å². The van der Waals surface area contributed by atoms with E-state index in [1.54, 1.807) is 10.9 Å². The van der Waals surface area contributed by atoms with Gasteiger partial charge in [-0.05, 0) is 30.7 Å². The smallest absolute Gasteiger partial charge is 0.229 e. The van der Waals surface area contributed by atoms with E-state index in [9.17, 15) is 4.79 Å². The molecule has 146 valence electrons. The maximum atomic E-state index is 12.9. The maximum Gasteiger partial charge on any atom is 0.229 e. The number of carbonyl (C=O) groups is 1. The van der Waals surface area contributed by atoms with E-state index < -0.39 is 0 Å². The second-order valence-electron chi connectivity index (χ2n) is 6.88. The van der Waals surface area contributed by atoms with E-state index in [0.29, 0.717) is 6.54 Å². The Morgan fingerprint density at radius 1 is 1.29 bits per heavy atom. The van der Waals surface area contributed by atoms with Crippen LogP contribution >= 0.6 is 12.4 Å². The van der Waals surface area contributed by atoms with Crippen molar-refractivity contribution in [3.63, 3.8) is 0 Å². The first kappa shape index (κ1) is 20.0. The third-order valence-electron chi connectivity index (χ3n) is 4.91. The summed E-state index contributed by atoms with van der Waals surface area (Å²) in [7, 11) is 1.89. The van der Waals surface area contributed by atoms with Crippen LogP contribution in [0, 0.1) is 12.8 Å². The van der Waals surface area contributed by atoms with Crippen molar-refractivity contribution in [3.05, 3.63) is 60.3 Å². The molecule has 3 heterocycles. The first-order chi connectivity index (χ1) is 13.1. The minimum Gasteiger partial charge on any atom is -0.326 e. The number of anilines is 1. The highest BCUT2D eigenvalue weighted by atomic mass is 35.5. The lowest BCUT2D eigenvalue weighted by Gasteiger charge is -2.17. The van der Waals surface area contributed by atoms with Crippen LogP contribution in [0.5, 0.6) is 0 Å². The van der Waals surface area contributed by atoms with Gasteiger partial charge in [0.25, 0.3) is 0 Å². The molecule has 2 N–H and O–H groups in total. The van der Waals surface area contributed by atoms with Crippen LogP contribution in [-0.2, 0) is 11.8 Å². The predicted octanol–water partition coefficient (Wildman–Crippen LogP) is 2.55. The van der Waals surface area contributed by atoms with Gasteiger partial charge in [0.05, 0.1) is 17.8 Å². The molecule has 0 aliphatic carbocycles. The van der Waals surface area contributed by atoms with E-state index in [2.05, 4.69) is 25.7 Å². The normalized spacial score (nSPS) is 18.5. The molecule has 0 unspecified atom stereocenters. The number of rotatable bonds is 4. The number of benzene rings is 1. The van der Waals surface area contributed by atoms with Gasteiger partial charge < -0.3 is 10.6 Å². The number of hydrogen-bond donors (Lipinski definition) is 2. The molecule has 0 bridgehead atoms. The molecule has 0 radical (unpaired) electrons. The van der Waals surface area contributed by atoms with E-state index in [4.69, 9.17) is 0 Å². The molecule has 1 saturated heterocycles. The van der Waals surface area contributed by atoms with Crippen molar-refractivity contribution in [2.75, 3.05) is 18.4 Å². The zero-order chi connectivity index (χ0) is 18.8. The SMILES string of the molecule is Cc1nccc(-c2cccc(NC(=O)[C@H]3CNC[C@@H]3c3cnn(C)c3)c2)n1.Cl. The predicted molar refractivity (Wildman–Crippen MR) is 110 cm³/mol. The average Bonchev–Trinajstić information content (AvgIpc) is 3.30. The first-order valence-electron chi connectivity index (χ1n) is 9.00. The van der Waals surface area contributed by atoms with Crippen molar-refractivity contribution in [1.29, 1.82) is 0 Å². The van der Waals surface area contributed by atoms with Gasteiger partial charge in [0, 0.05) is 49.7 Å². The molecule has 2 atom stereocenters. The second-order valence-corrected chi connectivity index (χ2v) is 6.88. The quantitative estimate of drug-likeness (QED) is 0.705. The van der Waals surface area contributed by atoms with E-state index in [-0.39, 0.29) is 30.2 Å². The molecular weight excluding hydrogens is 376 g/mol. The van der Waals surface area contributed by atoms with Gasteiger partial charge in [-0.25, -0.2) is 9.97 Å². The molecule has 7 nitrogen and oxygen atoms in total. The summed E-state index contributed by atoms with van der Waals surface area (Å²) in [4.78, 5) is 21.5. The Bertz CT molecular complexity index is 973. The van der Waals surface area contributed by atoms with Crippen molar-refractivity contribution in [3.8, 4) is 11.3 Å². The molecule has 1 amide bonds. The summed E-state index contributed by atoms with van der Waals surface area (Å²) in [6, 6.07) is 9.62. The van der Waals surface area contributed by atoms with Gasteiger partial charge in [0.1, 0.15) is 5.82 Å². The highest BCUT2D eigenvalue weighted by molar-refractivity contribution is 5.94. The Balaban J connectivity index is 0.00000225. The Kier molecular flexibility index (Phi) is 6.06. The molecule has 0 saturated carbocycles. The maximum absolute atomic E-state index is 12.9. The molecule has 1 aliphatic rings. The summed E-state index contributed by atoms with van der Waals surface area (Å²) in [5.74, 6) is 0.744. The molecule has 1 fully saturated rings. The molecule has 4 rings (SSSR count). The van der Waals surface area contributed by atoms with Crippen molar-refractivity contribution < 1.29 is 4.79 Å². The molecule has 3 aromatic rings. The zero-order valence-electron chi connectivity index (χ0n) is 15.8. The lowest BCUT2D eigenvalue weighted by Crippen LogP contribution is -2.28. The molecule has 2 aromatic heterocycles. The monoisotopic (exact) mass is 398 g/mol. The Morgan fingerprint density at radius 2 is 2.14 bits per heavy atom. The minimum absolute atomic E-state index is 0. The van der Waals surface area contributed by atoms with Crippen LogP contribution in [0.4, 0.5) is 5.69 Å². The van der Waals surface area contributed by atoms with Crippen LogP contribution in [0.15, 0.2) is 48.9 Å². The number of nitrogens with one attached hydrogen (secondary N) is 2. The number of aromatic nitrogens is 4. The Morgan fingerprint density at radius 3 is 2.89 bits per heavy atom. The Labute approximate surface area is 170 Å². The third-order valence-corrected chi connectivity index (χ3v) is 4.91. The molecule has 0 spiro atoms. The summed E-state index contributed by atoms with van der Waals surface area (Å²) in [6.07, 6.45) is 5.57. The van der Waals surface area contributed by atoms with Gasteiger partial charge >= 0.3 is 0 Å². The number of carbonyl (C=O) groups excluding carboxylic acids is 1. The highest BCUT2D eigenvalue weighted by Crippen LogP contribution is 2.29. The summed E-state index contributed by atoms with van der Waals surface area (Å²) in [5, 5.41) is 10.6. The lowest BCUT2D eigenvalue weighted by molar-refractivity contribution is -0.119. The summed E-state index contributed by atoms with van der Waals surface area (Å²) >= 11 is 0. The summed E-state index contributed by atoms with van der Waals surface area (Å²) < 4.78 is 1.77. The lowest BCUT2D eigenvalue weighted by atomic mass is 9.90. The number of halogens is 1. The summed E-state index contributed by atoms with van der Waals surface area (Å²) in [6.45, 7) is 3.31. The van der Waals surface area contributed by atoms with Gasteiger partial charge in [0.2, 0.25) is 5.91 Å². The topological polar surface area (TPSA) is 84.7 Å². The van der Waals surface area contributed by atoms with Crippen molar-refractivity contribution in [1.82, 2.24) is 25.1 Å². The van der Waals surface area contributed by atoms with Gasteiger partial charge in [-0.2, -0.15) is 5.10 Å². The van der Waals surface area contributed by atoms with Crippen LogP contribution in [0.1, 0.15) is 17.3 Å². The zero-order valence-corrected chi connectivity index (χ0v) is 16.6. The Hall–Kier alpha value is -2.77. The van der Waals surface area contributed by atoms with Crippen LogP contribution in [0.3, 0.4) is 0 Å². The van der Waals surface area contributed by atoms with Crippen LogP contribution in [0.2, 0.25) is 0 Å². The molecular formula is C20H23ClN6O. The molecule has 1 aliphatic heterocycles. The van der Waals surface area contributed by atoms with Crippen molar-refractivity contribution >= 4 is 24.0 Å². The van der Waals surface area contributed by atoms with Crippen LogP contribution < -0.4 is 10.6 Å². The van der Waals surface area contributed by atoms with E-state index in [1.165, 1.54) is 0 Å². The fourth-order valence-electron chi connectivity index (χ4n) is 3.54. The first-order valence-corrected chi connectivity index (χ1v) is 9.00. The number of nitrogens with zero attached hydrogens (tertiary/aromatic N) is 4.